The molecule has 0 N–H and O–H groups in total. The molecule has 1 atom stereocenters. The van der Waals surface area contributed by atoms with Crippen molar-refractivity contribution in [2.75, 3.05) is 17.2 Å². The van der Waals surface area contributed by atoms with E-state index < -0.39 is 11.7 Å². The molecule has 1 heterocycles. The van der Waals surface area contributed by atoms with Gasteiger partial charge in [0.1, 0.15) is 0 Å². The second kappa shape index (κ2) is 6.62. The predicted molar refractivity (Wildman–Crippen MR) is 82.7 cm³/mol. The molecule has 1 aliphatic rings. The molecule has 1 unspecified atom stereocenters. The van der Waals surface area contributed by atoms with Gasteiger partial charge in [0, 0.05) is 30.1 Å². The fourth-order valence-corrected chi connectivity index (χ4v) is 3.41. The highest BCUT2D eigenvalue weighted by molar-refractivity contribution is 9.10. The summed E-state index contributed by atoms with van der Waals surface area (Å²) in [6.45, 7) is 1.77. The van der Waals surface area contributed by atoms with Gasteiger partial charge in [-0.1, -0.05) is 11.8 Å². The molecule has 0 bridgehead atoms. The first-order valence-electron chi connectivity index (χ1n) is 6.49. The van der Waals surface area contributed by atoms with Crippen LogP contribution in [0.3, 0.4) is 0 Å². The van der Waals surface area contributed by atoms with E-state index in [0.29, 0.717) is 16.8 Å². The minimum atomic E-state index is -4.46. The predicted octanol–water partition coefficient (Wildman–Crippen LogP) is 4.10. The molecule has 1 aliphatic heterocycles. The molecule has 0 saturated carbocycles. The standard InChI is InChI=1S/C14H13BrF3NO2S/c1-8(20)22-7-9-4-13(21)19(6-9)12-5-10(14(16,17)18)2-3-11(12)15/h2-3,5,9H,4,6-7H2,1H3. The molecular weight excluding hydrogens is 383 g/mol. The number of rotatable bonds is 3. The molecule has 8 heteroatoms. The summed E-state index contributed by atoms with van der Waals surface area (Å²) < 4.78 is 38.9. The first-order valence-corrected chi connectivity index (χ1v) is 8.27. The van der Waals surface area contributed by atoms with E-state index in [1.54, 1.807) is 0 Å². The van der Waals surface area contributed by atoms with Crippen LogP contribution in [0.25, 0.3) is 0 Å². The summed E-state index contributed by atoms with van der Waals surface area (Å²) in [6.07, 6.45) is -4.22. The normalized spacial score (nSPS) is 18.9. The van der Waals surface area contributed by atoms with Crippen molar-refractivity contribution >= 4 is 44.4 Å². The molecule has 0 aliphatic carbocycles. The summed E-state index contributed by atoms with van der Waals surface area (Å²) in [4.78, 5) is 24.4. The van der Waals surface area contributed by atoms with E-state index in [1.807, 2.05) is 0 Å². The van der Waals surface area contributed by atoms with Crippen LogP contribution in [-0.4, -0.2) is 23.3 Å². The van der Waals surface area contributed by atoms with Crippen molar-refractivity contribution < 1.29 is 22.8 Å². The Morgan fingerprint density at radius 2 is 2.14 bits per heavy atom. The Kier molecular flexibility index (Phi) is 5.21. The third-order valence-electron chi connectivity index (χ3n) is 3.29. The lowest BCUT2D eigenvalue weighted by atomic mass is 10.1. The van der Waals surface area contributed by atoms with Crippen molar-refractivity contribution in [1.29, 1.82) is 0 Å². The van der Waals surface area contributed by atoms with Crippen molar-refractivity contribution in [2.24, 2.45) is 5.92 Å². The Bertz CT molecular complexity index is 606. The number of halogens is 4. The van der Waals surface area contributed by atoms with E-state index in [-0.39, 0.29) is 29.0 Å². The van der Waals surface area contributed by atoms with E-state index in [1.165, 1.54) is 17.9 Å². The molecule has 1 aromatic carbocycles. The molecule has 0 radical (unpaired) electrons. The van der Waals surface area contributed by atoms with Gasteiger partial charge in [-0.25, -0.2) is 0 Å². The van der Waals surface area contributed by atoms with Gasteiger partial charge in [-0.2, -0.15) is 13.2 Å². The summed E-state index contributed by atoms with van der Waals surface area (Å²) in [5, 5.41) is -0.0360. The Hall–Kier alpha value is -1.02. The number of carbonyl (C=O) groups excluding carboxylic acids is 2. The van der Waals surface area contributed by atoms with Gasteiger partial charge in [0.05, 0.1) is 11.3 Å². The molecule has 120 valence electrons. The molecule has 1 aromatic rings. The van der Waals surface area contributed by atoms with Crippen LogP contribution >= 0.6 is 27.7 Å². The van der Waals surface area contributed by atoms with E-state index in [9.17, 15) is 22.8 Å². The van der Waals surface area contributed by atoms with Gasteiger partial charge in [0.2, 0.25) is 5.91 Å². The topological polar surface area (TPSA) is 37.4 Å². The zero-order valence-corrected chi connectivity index (χ0v) is 14.0. The van der Waals surface area contributed by atoms with Gasteiger partial charge in [0.25, 0.3) is 0 Å². The van der Waals surface area contributed by atoms with Crippen molar-refractivity contribution in [2.45, 2.75) is 19.5 Å². The zero-order chi connectivity index (χ0) is 16.5. The molecule has 1 fully saturated rings. The van der Waals surface area contributed by atoms with Crippen LogP contribution in [-0.2, 0) is 15.8 Å². The van der Waals surface area contributed by atoms with E-state index >= 15 is 0 Å². The number of hydrogen-bond acceptors (Lipinski definition) is 3. The first-order chi connectivity index (χ1) is 10.2. The third-order valence-corrected chi connectivity index (χ3v) is 5.01. The van der Waals surface area contributed by atoms with E-state index in [0.717, 1.165) is 23.9 Å². The van der Waals surface area contributed by atoms with E-state index in [4.69, 9.17) is 0 Å². The number of benzene rings is 1. The molecule has 0 spiro atoms. The number of hydrogen-bond donors (Lipinski definition) is 0. The second-order valence-corrected chi connectivity index (χ2v) is 7.09. The quantitative estimate of drug-likeness (QED) is 0.772. The van der Waals surface area contributed by atoms with Crippen molar-refractivity contribution in [3.8, 4) is 0 Å². The fourth-order valence-electron chi connectivity index (χ4n) is 2.26. The van der Waals surface area contributed by atoms with Gasteiger partial charge in [-0.05, 0) is 40.0 Å². The third kappa shape index (κ3) is 4.04. The largest absolute Gasteiger partial charge is 0.416 e. The highest BCUT2D eigenvalue weighted by Crippen LogP contribution is 2.38. The highest BCUT2D eigenvalue weighted by atomic mass is 79.9. The highest BCUT2D eigenvalue weighted by Gasteiger charge is 2.35. The SMILES string of the molecule is CC(=O)SCC1CC(=O)N(c2cc(C(F)(F)F)ccc2Br)C1. The molecule has 2 rings (SSSR count). The van der Waals surface area contributed by atoms with Gasteiger partial charge in [-0.3, -0.25) is 9.59 Å². The number of anilines is 1. The lowest BCUT2D eigenvalue weighted by Gasteiger charge is -2.20. The summed E-state index contributed by atoms with van der Waals surface area (Å²) in [6, 6.07) is 3.24. The van der Waals surface area contributed by atoms with Crippen LogP contribution < -0.4 is 4.90 Å². The Morgan fingerprint density at radius 3 is 2.73 bits per heavy atom. The molecule has 1 amide bonds. The molecule has 0 aromatic heterocycles. The average molecular weight is 396 g/mol. The smallest absolute Gasteiger partial charge is 0.311 e. The number of carbonyl (C=O) groups is 2. The van der Waals surface area contributed by atoms with Crippen molar-refractivity contribution in [3.63, 3.8) is 0 Å². The minimum Gasteiger partial charge on any atom is -0.311 e. The summed E-state index contributed by atoms with van der Waals surface area (Å²) in [7, 11) is 0. The fraction of sp³-hybridized carbons (Fsp3) is 0.429. The molecule has 3 nitrogen and oxygen atoms in total. The van der Waals surface area contributed by atoms with Crippen molar-refractivity contribution in [3.05, 3.63) is 28.2 Å². The summed E-state index contributed by atoms with van der Waals surface area (Å²) >= 11 is 4.33. The van der Waals surface area contributed by atoms with Crippen LogP contribution in [0.4, 0.5) is 18.9 Å². The first kappa shape index (κ1) is 17.3. The Morgan fingerprint density at radius 1 is 1.45 bits per heavy atom. The number of amides is 1. The summed E-state index contributed by atoms with van der Waals surface area (Å²) in [5.41, 5.74) is -0.574. The number of nitrogens with zero attached hydrogens (tertiary/aromatic N) is 1. The van der Waals surface area contributed by atoms with Crippen molar-refractivity contribution in [1.82, 2.24) is 0 Å². The van der Waals surface area contributed by atoms with Crippen LogP contribution in [0.1, 0.15) is 18.9 Å². The second-order valence-electron chi connectivity index (χ2n) is 5.04. The van der Waals surface area contributed by atoms with Crippen LogP contribution in [0.15, 0.2) is 22.7 Å². The summed E-state index contributed by atoms with van der Waals surface area (Å²) in [5.74, 6) is 0.228. The van der Waals surface area contributed by atoms with E-state index in [2.05, 4.69) is 15.9 Å². The lowest BCUT2D eigenvalue weighted by molar-refractivity contribution is -0.137. The minimum absolute atomic E-state index is 0.0360. The molecular formula is C14H13BrF3NO2S. The molecule has 1 saturated heterocycles. The Labute approximate surface area is 138 Å². The maximum atomic E-state index is 12.8. The average Bonchev–Trinajstić information content (AvgIpc) is 2.77. The van der Waals surface area contributed by atoms with Gasteiger partial charge in [-0.15, -0.1) is 0 Å². The number of alkyl halides is 3. The molecule has 22 heavy (non-hydrogen) atoms. The lowest BCUT2D eigenvalue weighted by Crippen LogP contribution is -2.25. The van der Waals surface area contributed by atoms with Crippen LogP contribution in [0.5, 0.6) is 0 Å². The maximum absolute atomic E-state index is 12.8. The van der Waals surface area contributed by atoms with Crippen LogP contribution in [0.2, 0.25) is 0 Å². The maximum Gasteiger partial charge on any atom is 0.416 e. The van der Waals surface area contributed by atoms with Gasteiger partial charge >= 0.3 is 6.18 Å². The zero-order valence-electron chi connectivity index (χ0n) is 11.6. The van der Waals surface area contributed by atoms with Gasteiger partial charge < -0.3 is 4.90 Å². The Balaban J connectivity index is 2.21. The van der Waals surface area contributed by atoms with Gasteiger partial charge in [0.15, 0.2) is 5.12 Å². The van der Waals surface area contributed by atoms with Crippen LogP contribution in [0, 0.1) is 5.92 Å². The monoisotopic (exact) mass is 395 g/mol. The number of thioether (sulfide) groups is 1.